The second-order valence-electron chi connectivity index (χ2n) is 7.38. The second-order valence-corrected chi connectivity index (χ2v) is 9.51. The van der Waals surface area contributed by atoms with E-state index in [1.165, 1.54) is 6.20 Å². The van der Waals surface area contributed by atoms with E-state index in [4.69, 9.17) is 0 Å². The third kappa shape index (κ3) is 5.87. The van der Waals surface area contributed by atoms with Crippen LogP contribution in [-0.4, -0.2) is 37.8 Å². The Kier molecular flexibility index (Phi) is 7.50. The predicted molar refractivity (Wildman–Crippen MR) is 111 cm³/mol. The minimum absolute atomic E-state index is 0.150. The number of carbonyl (C=O) groups excluding carboxylic acids is 2. The highest BCUT2D eigenvalue weighted by molar-refractivity contribution is 7.91. The lowest BCUT2D eigenvalue weighted by Crippen LogP contribution is -2.44. The first-order valence-corrected chi connectivity index (χ1v) is 11.0. The Morgan fingerprint density at radius 2 is 1.62 bits per heavy atom. The lowest BCUT2D eigenvalue weighted by Gasteiger charge is -2.19. The van der Waals surface area contributed by atoms with Crippen molar-refractivity contribution < 1.29 is 18.0 Å². The molecule has 0 spiro atoms. The van der Waals surface area contributed by atoms with Gasteiger partial charge in [0.05, 0.1) is 4.90 Å². The molecule has 0 saturated carbocycles. The van der Waals surface area contributed by atoms with Crippen LogP contribution in [0.25, 0.3) is 0 Å². The molecule has 0 fully saturated rings. The average Bonchev–Trinajstić information content (AvgIpc) is 2.68. The maximum absolute atomic E-state index is 13.3. The predicted octanol–water partition coefficient (Wildman–Crippen LogP) is 2.36. The molecule has 2 aromatic rings. The molecular weight excluding hydrogens is 390 g/mol. The standard InChI is InChI=1S/C21H27N3O4S/c1-14(2)16-7-9-18(10-8-16)29(27,28)19(17-6-5-11-22-12-17)13-23-20(25)21(26)24-15(3)4/h5-12,14-15,19H,13H2,1-4H3,(H,23,25)(H,24,26)/t19-/m0/s1. The Labute approximate surface area is 171 Å². The zero-order valence-electron chi connectivity index (χ0n) is 17.0. The molecular formula is C21H27N3O4S. The van der Waals surface area contributed by atoms with E-state index in [0.29, 0.717) is 5.56 Å². The number of rotatable bonds is 7. The summed E-state index contributed by atoms with van der Waals surface area (Å²) in [6.45, 7) is 7.27. The van der Waals surface area contributed by atoms with Gasteiger partial charge in [0.1, 0.15) is 5.25 Å². The number of hydrogen-bond acceptors (Lipinski definition) is 5. The molecule has 7 nitrogen and oxygen atoms in total. The summed E-state index contributed by atoms with van der Waals surface area (Å²) in [5.74, 6) is -1.40. The molecule has 2 N–H and O–H groups in total. The minimum atomic E-state index is -3.83. The topological polar surface area (TPSA) is 105 Å². The molecule has 2 amide bonds. The summed E-state index contributed by atoms with van der Waals surface area (Å²) < 4.78 is 26.6. The molecule has 0 radical (unpaired) electrons. The monoisotopic (exact) mass is 417 g/mol. The smallest absolute Gasteiger partial charge is 0.309 e. The lowest BCUT2D eigenvalue weighted by atomic mass is 10.0. The van der Waals surface area contributed by atoms with Gasteiger partial charge in [0.2, 0.25) is 0 Å². The summed E-state index contributed by atoms with van der Waals surface area (Å²) in [4.78, 5) is 28.0. The Morgan fingerprint density at radius 1 is 0.966 bits per heavy atom. The van der Waals surface area contributed by atoms with Crippen molar-refractivity contribution >= 4 is 21.7 Å². The zero-order chi connectivity index (χ0) is 21.6. The van der Waals surface area contributed by atoms with Crippen LogP contribution in [0.1, 0.15) is 50.0 Å². The number of amides is 2. The van der Waals surface area contributed by atoms with E-state index >= 15 is 0 Å². The molecule has 0 aliphatic heterocycles. The summed E-state index contributed by atoms with van der Waals surface area (Å²) >= 11 is 0. The summed E-state index contributed by atoms with van der Waals surface area (Å²) in [5.41, 5.74) is 1.46. The van der Waals surface area contributed by atoms with Crippen LogP contribution in [-0.2, 0) is 19.4 Å². The lowest BCUT2D eigenvalue weighted by molar-refractivity contribution is -0.139. The van der Waals surface area contributed by atoms with E-state index in [-0.39, 0.29) is 23.4 Å². The second kappa shape index (κ2) is 9.65. The van der Waals surface area contributed by atoms with Crippen LogP contribution >= 0.6 is 0 Å². The van der Waals surface area contributed by atoms with E-state index in [0.717, 1.165) is 5.56 Å². The van der Waals surface area contributed by atoms with Crippen LogP contribution < -0.4 is 10.6 Å². The van der Waals surface area contributed by atoms with Gasteiger partial charge < -0.3 is 10.6 Å². The highest BCUT2D eigenvalue weighted by Crippen LogP contribution is 2.29. The van der Waals surface area contributed by atoms with E-state index in [1.807, 2.05) is 13.8 Å². The van der Waals surface area contributed by atoms with Crippen molar-refractivity contribution in [2.75, 3.05) is 6.54 Å². The first-order chi connectivity index (χ1) is 13.6. The van der Waals surface area contributed by atoms with Crippen molar-refractivity contribution in [2.45, 2.75) is 49.8 Å². The molecule has 29 heavy (non-hydrogen) atoms. The maximum atomic E-state index is 13.3. The fraction of sp³-hybridized carbons (Fsp3) is 0.381. The molecule has 1 atom stereocenters. The van der Waals surface area contributed by atoms with E-state index < -0.39 is 26.9 Å². The number of aromatic nitrogens is 1. The van der Waals surface area contributed by atoms with Gasteiger partial charge in [0.25, 0.3) is 0 Å². The van der Waals surface area contributed by atoms with Gasteiger partial charge in [-0.2, -0.15) is 0 Å². The van der Waals surface area contributed by atoms with Crippen molar-refractivity contribution in [1.29, 1.82) is 0 Å². The number of hydrogen-bond donors (Lipinski definition) is 2. The highest BCUT2D eigenvalue weighted by Gasteiger charge is 2.30. The van der Waals surface area contributed by atoms with Crippen molar-refractivity contribution in [3.8, 4) is 0 Å². The molecule has 0 aliphatic carbocycles. The highest BCUT2D eigenvalue weighted by atomic mass is 32.2. The summed E-state index contributed by atoms with van der Waals surface area (Å²) in [7, 11) is -3.83. The molecule has 0 unspecified atom stereocenters. The van der Waals surface area contributed by atoms with Crippen LogP contribution in [0.4, 0.5) is 0 Å². The van der Waals surface area contributed by atoms with Crippen LogP contribution in [0.3, 0.4) is 0 Å². The van der Waals surface area contributed by atoms with Crippen molar-refractivity contribution in [2.24, 2.45) is 0 Å². The van der Waals surface area contributed by atoms with Crippen molar-refractivity contribution in [1.82, 2.24) is 15.6 Å². The van der Waals surface area contributed by atoms with Gasteiger partial charge in [-0.3, -0.25) is 14.6 Å². The molecule has 1 heterocycles. The van der Waals surface area contributed by atoms with Gasteiger partial charge in [0, 0.05) is 25.0 Å². The van der Waals surface area contributed by atoms with E-state index in [1.54, 1.807) is 56.4 Å². The summed E-state index contributed by atoms with van der Waals surface area (Å²) in [6, 6.07) is 9.78. The fourth-order valence-electron chi connectivity index (χ4n) is 2.77. The Morgan fingerprint density at radius 3 is 2.14 bits per heavy atom. The van der Waals surface area contributed by atoms with Crippen molar-refractivity contribution in [3.05, 3.63) is 59.9 Å². The normalized spacial score (nSPS) is 12.6. The number of nitrogens with zero attached hydrogens (tertiary/aromatic N) is 1. The molecule has 1 aromatic carbocycles. The van der Waals surface area contributed by atoms with Crippen LogP contribution in [0.2, 0.25) is 0 Å². The van der Waals surface area contributed by atoms with Gasteiger partial charge >= 0.3 is 11.8 Å². The Bertz CT molecular complexity index is 940. The number of nitrogens with one attached hydrogen (secondary N) is 2. The van der Waals surface area contributed by atoms with Gasteiger partial charge in [-0.25, -0.2) is 8.42 Å². The van der Waals surface area contributed by atoms with Gasteiger partial charge in [-0.15, -0.1) is 0 Å². The summed E-state index contributed by atoms with van der Waals surface area (Å²) in [5, 5.41) is 3.84. The first-order valence-electron chi connectivity index (χ1n) is 9.45. The average molecular weight is 418 g/mol. The largest absolute Gasteiger partial charge is 0.346 e. The molecule has 2 rings (SSSR count). The quantitative estimate of drug-likeness (QED) is 0.673. The van der Waals surface area contributed by atoms with Gasteiger partial charge in [-0.05, 0) is 49.1 Å². The van der Waals surface area contributed by atoms with Gasteiger partial charge in [-0.1, -0.05) is 32.0 Å². The molecule has 1 aromatic heterocycles. The Hall–Kier alpha value is -2.74. The Balaban J connectivity index is 2.30. The number of sulfone groups is 1. The van der Waals surface area contributed by atoms with Crippen LogP contribution in [0.5, 0.6) is 0 Å². The maximum Gasteiger partial charge on any atom is 0.309 e. The van der Waals surface area contributed by atoms with Gasteiger partial charge in [0.15, 0.2) is 9.84 Å². The third-order valence-electron chi connectivity index (χ3n) is 4.38. The fourth-order valence-corrected chi connectivity index (χ4v) is 4.42. The SMILES string of the molecule is CC(C)NC(=O)C(=O)NC[C@@H](c1cccnc1)S(=O)(=O)c1ccc(C(C)C)cc1. The number of pyridine rings is 1. The molecule has 8 heteroatoms. The van der Waals surface area contributed by atoms with E-state index in [2.05, 4.69) is 15.6 Å². The molecule has 156 valence electrons. The van der Waals surface area contributed by atoms with E-state index in [9.17, 15) is 18.0 Å². The minimum Gasteiger partial charge on any atom is -0.346 e. The first kappa shape index (κ1) is 22.5. The number of benzene rings is 1. The van der Waals surface area contributed by atoms with Crippen LogP contribution in [0, 0.1) is 0 Å². The number of carbonyl (C=O) groups is 2. The third-order valence-corrected chi connectivity index (χ3v) is 6.50. The van der Waals surface area contributed by atoms with Crippen LogP contribution in [0.15, 0.2) is 53.7 Å². The zero-order valence-corrected chi connectivity index (χ0v) is 17.9. The summed E-state index contributed by atoms with van der Waals surface area (Å²) in [6.07, 6.45) is 2.99. The van der Waals surface area contributed by atoms with Crippen molar-refractivity contribution in [3.63, 3.8) is 0 Å². The molecule has 0 bridgehead atoms. The molecule has 0 saturated heterocycles. The molecule has 0 aliphatic rings.